The third-order valence-corrected chi connectivity index (χ3v) is 3.82. The summed E-state index contributed by atoms with van der Waals surface area (Å²) in [5.41, 5.74) is 3.67. The zero-order valence-corrected chi connectivity index (χ0v) is 13.4. The fourth-order valence-corrected chi connectivity index (χ4v) is 2.44. The standard InChI is InChI=1S/C19H25NO.H2O/c1-3-16-9-11-17(12-10-16)13-15(2)20-14-19(21)18-7-5-4-6-8-18;/h4-12,15,19-21H,3,13-14H2,1-2H3;1H2. The highest BCUT2D eigenvalue weighted by Gasteiger charge is 2.09. The first-order chi connectivity index (χ1) is 10.2. The van der Waals surface area contributed by atoms with Gasteiger partial charge in [-0.05, 0) is 36.5 Å². The van der Waals surface area contributed by atoms with Crippen molar-refractivity contribution in [1.82, 2.24) is 5.32 Å². The lowest BCUT2D eigenvalue weighted by molar-refractivity contribution is 0.170. The Morgan fingerprint density at radius 2 is 1.55 bits per heavy atom. The van der Waals surface area contributed by atoms with E-state index in [0.29, 0.717) is 12.6 Å². The van der Waals surface area contributed by atoms with E-state index < -0.39 is 6.10 Å². The fraction of sp³-hybridized carbons (Fsp3) is 0.368. The van der Waals surface area contributed by atoms with Crippen molar-refractivity contribution in [3.8, 4) is 0 Å². The van der Waals surface area contributed by atoms with Crippen molar-refractivity contribution in [2.24, 2.45) is 0 Å². The molecule has 0 aliphatic heterocycles. The largest absolute Gasteiger partial charge is 0.412 e. The van der Waals surface area contributed by atoms with E-state index in [4.69, 9.17) is 0 Å². The van der Waals surface area contributed by atoms with Crippen molar-refractivity contribution in [2.75, 3.05) is 6.54 Å². The number of aliphatic hydroxyl groups is 1. The van der Waals surface area contributed by atoms with Gasteiger partial charge in [0, 0.05) is 12.6 Å². The first-order valence-electron chi connectivity index (χ1n) is 7.73. The zero-order valence-electron chi connectivity index (χ0n) is 13.4. The van der Waals surface area contributed by atoms with Crippen LogP contribution in [0.2, 0.25) is 0 Å². The van der Waals surface area contributed by atoms with E-state index >= 15 is 0 Å². The summed E-state index contributed by atoms with van der Waals surface area (Å²) in [4.78, 5) is 0. The number of nitrogens with one attached hydrogen (secondary N) is 1. The van der Waals surface area contributed by atoms with Gasteiger partial charge in [0.15, 0.2) is 0 Å². The second-order valence-electron chi connectivity index (χ2n) is 5.61. The van der Waals surface area contributed by atoms with Gasteiger partial charge in [-0.2, -0.15) is 0 Å². The van der Waals surface area contributed by atoms with Crippen LogP contribution in [0.5, 0.6) is 0 Å². The highest BCUT2D eigenvalue weighted by atomic mass is 16.3. The third-order valence-electron chi connectivity index (χ3n) is 3.82. The molecular formula is C19H27NO2. The minimum atomic E-state index is -0.448. The summed E-state index contributed by atoms with van der Waals surface area (Å²) in [6.45, 7) is 4.91. The minimum Gasteiger partial charge on any atom is -0.412 e. The molecule has 120 valence electrons. The predicted molar refractivity (Wildman–Crippen MR) is 92.0 cm³/mol. The number of aliphatic hydroxyl groups excluding tert-OH is 1. The van der Waals surface area contributed by atoms with Crippen LogP contribution in [0.3, 0.4) is 0 Å². The molecule has 0 fully saturated rings. The Labute approximate surface area is 133 Å². The molecule has 2 aromatic carbocycles. The summed E-state index contributed by atoms with van der Waals surface area (Å²) in [7, 11) is 0. The van der Waals surface area contributed by atoms with E-state index in [9.17, 15) is 5.11 Å². The van der Waals surface area contributed by atoms with Gasteiger partial charge in [0.1, 0.15) is 0 Å². The molecular weight excluding hydrogens is 274 g/mol. The van der Waals surface area contributed by atoms with Crippen molar-refractivity contribution in [3.05, 3.63) is 71.3 Å². The van der Waals surface area contributed by atoms with Crippen LogP contribution in [0.15, 0.2) is 54.6 Å². The highest BCUT2D eigenvalue weighted by Crippen LogP contribution is 2.12. The lowest BCUT2D eigenvalue weighted by atomic mass is 10.0. The second-order valence-corrected chi connectivity index (χ2v) is 5.61. The van der Waals surface area contributed by atoms with Crippen molar-refractivity contribution >= 4 is 0 Å². The Morgan fingerprint density at radius 3 is 2.14 bits per heavy atom. The number of hydrogen-bond acceptors (Lipinski definition) is 2. The molecule has 0 amide bonds. The van der Waals surface area contributed by atoms with Crippen LogP contribution >= 0.6 is 0 Å². The van der Waals surface area contributed by atoms with E-state index in [0.717, 1.165) is 18.4 Å². The Kier molecular flexibility index (Phi) is 7.82. The number of benzene rings is 2. The van der Waals surface area contributed by atoms with Crippen LogP contribution < -0.4 is 5.32 Å². The average molecular weight is 301 g/mol. The number of rotatable bonds is 7. The Bertz CT molecular complexity index is 525. The molecule has 0 aliphatic rings. The van der Waals surface area contributed by atoms with E-state index in [1.165, 1.54) is 11.1 Å². The van der Waals surface area contributed by atoms with E-state index in [1.807, 2.05) is 30.3 Å². The molecule has 2 aromatic rings. The van der Waals surface area contributed by atoms with Gasteiger partial charge in [-0.1, -0.05) is 61.5 Å². The molecule has 0 saturated carbocycles. The lowest BCUT2D eigenvalue weighted by Crippen LogP contribution is -2.32. The van der Waals surface area contributed by atoms with Gasteiger partial charge in [-0.3, -0.25) is 0 Å². The van der Waals surface area contributed by atoms with Gasteiger partial charge in [0.25, 0.3) is 0 Å². The summed E-state index contributed by atoms with van der Waals surface area (Å²) < 4.78 is 0. The quantitative estimate of drug-likeness (QED) is 0.826. The maximum absolute atomic E-state index is 10.1. The smallest absolute Gasteiger partial charge is 0.0914 e. The molecule has 0 spiro atoms. The predicted octanol–water partition coefficient (Wildman–Crippen LogP) is 2.68. The van der Waals surface area contributed by atoms with Crippen LogP contribution in [-0.4, -0.2) is 23.2 Å². The maximum atomic E-state index is 10.1. The molecule has 2 atom stereocenters. The number of hydrogen-bond donors (Lipinski definition) is 2. The van der Waals surface area contributed by atoms with Crippen LogP contribution in [0.25, 0.3) is 0 Å². The fourth-order valence-electron chi connectivity index (χ4n) is 2.44. The third kappa shape index (κ3) is 5.60. The van der Waals surface area contributed by atoms with Crippen molar-refractivity contribution in [1.29, 1.82) is 0 Å². The summed E-state index contributed by atoms with van der Waals surface area (Å²) >= 11 is 0. The average Bonchev–Trinajstić information content (AvgIpc) is 2.54. The first kappa shape index (κ1) is 18.4. The molecule has 2 unspecified atom stereocenters. The minimum absolute atomic E-state index is 0. The molecule has 0 aromatic heterocycles. The van der Waals surface area contributed by atoms with Crippen molar-refractivity contribution < 1.29 is 10.6 Å². The van der Waals surface area contributed by atoms with Crippen LogP contribution in [-0.2, 0) is 12.8 Å². The zero-order chi connectivity index (χ0) is 15.1. The lowest BCUT2D eigenvalue weighted by Gasteiger charge is -2.17. The molecule has 22 heavy (non-hydrogen) atoms. The Hall–Kier alpha value is -1.68. The second kappa shape index (κ2) is 9.36. The van der Waals surface area contributed by atoms with E-state index in [1.54, 1.807) is 0 Å². The van der Waals surface area contributed by atoms with Gasteiger partial charge in [0.05, 0.1) is 6.10 Å². The van der Waals surface area contributed by atoms with Gasteiger partial charge in [-0.15, -0.1) is 0 Å². The van der Waals surface area contributed by atoms with E-state index in [2.05, 4.69) is 43.4 Å². The topological polar surface area (TPSA) is 63.8 Å². The van der Waals surface area contributed by atoms with Gasteiger partial charge in [0.2, 0.25) is 0 Å². The van der Waals surface area contributed by atoms with E-state index in [-0.39, 0.29) is 5.48 Å². The molecule has 0 saturated heterocycles. The summed E-state index contributed by atoms with van der Waals surface area (Å²) in [5.74, 6) is 0. The SMILES string of the molecule is CCc1ccc(CC(C)NCC(O)c2ccccc2)cc1.O. The first-order valence-corrected chi connectivity index (χ1v) is 7.73. The summed E-state index contributed by atoms with van der Waals surface area (Å²) in [5, 5.41) is 13.5. The molecule has 3 heteroatoms. The van der Waals surface area contributed by atoms with Gasteiger partial charge >= 0.3 is 0 Å². The normalized spacial score (nSPS) is 13.2. The van der Waals surface area contributed by atoms with Crippen molar-refractivity contribution in [2.45, 2.75) is 38.8 Å². The van der Waals surface area contributed by atoms with Crippen LogP contribution in [0, 0.1) is 0 Å². The van der Waals surface area contributed by atoms with Gasteiger partial charge in [-0.25, -0.2) is 0 Å². The molecule has 2 rings (SSSR count). The molecule has 0 aliphatic carbocycles. The Morgan fingerprint density at radius 1 is 0.955 bits per heavy atom. The molecule has 3 nitrogen and oxygen atoms in total. The highest BCUT2D eigenvalue weighted by molar-refractivity contribution is 5.23. The van der Waals surface area contributed by atoms with Crippen LogP contribution in [0.4, 0.5) is 0 Å². The molecule has 0 bridgehead atoms. The van der Waals surface area contributed by atoms with Crippen LogP contribution in [0.1, 0.15) is 36.6 Å². The maximum Gasteiger partial charge on any atom is 0.0914 e. The van der Waals surface area contributed by atoms with Crippen molar-refractivity contribution in [3.63, 3.8) is 0 Å². The number of aryl methyl sites for hydroxylation is 1. The summed E-state index contributed by atoms with van der Waals surface area (Å²) in [6, 6.07) is 18.9. The van der Waals surface area contributed by atoms with Gasteiger partial charge < -0.3 is 15.9 Å². The monoisotopic (exact) mass is 301 g/mol. The summed E-state index contributed by atoms with van der Waals surface area (Å²) in [6.07, 6.45) is 1.61. The Balaban J connectivity index is 0.00000242. The molecule has 0 heterocycles. The molecule has 4 N–H and O–H groups in total. The molecule has 0 radical (unpaired) electrons.